The zero-order valence-corrected chi connectivity index (χ0v) is 19.6. The molecule has 1 aliphatic rings. The van der Waals surface area contributed by atoms with Crippen molar-refractivity contribution in [2.45, 2.75) is 33.2 Å². The van der Waals surface area contributed by atoms with E-state index in [1.54, 1.807) is 30.4 Å². The summed E-state index contributed by atoms with van der Waals surface area (Å²) >= 11 is 0. The molecule has 0 aromatic carbocycles. The Bertz CT molecular complexity index is 355. The fourth-order valence-corrected chi connectivity index (χ4v) is 11.2. The molecule has 1 saturated heterocycles. The van der Waals surface area contributed by atoms with E-state index in [0.29, 0.717) is 19.8 Å². The monoisotopic (exact) mass is 446 g/mol. The van der Waals surface area contributed by atoms with Gasteiger partial charge < -0.3 is 23.5 Å². The van der Waals surface area contributed by atoms with Crippen molar-refractivity contribution in [3.8, 4) is 0 Å². The molecule has 0 aliphatic carbocycles. The fourth-order valence-electron chi connectivity index (χ4n) is 2.33. The predicted octanol–water partition coefficient (Wildman–Crippen LogP) is 4.13. The van der Waals surface area contributed by atoms with Crippen molar-refractivity contribution < 1.29 is 18.1 Å². The molecule has 11 heteroatoms. The second kappa shape index (κ2) is 14.8. The Balaban J connectivity index is 2.04. The minimum absolute atomic E-state index is 0.0678. The lowest BCUT2D eigenvalue weighted by atomic mass is 10.6. The van der Waals surface area contributed by atoms with Crippen molar-refractivity contribution in [2.75, 3.05) is 51.0 Å². The molecule has 0 spiro atoms. The standard InChI is InChI=1S/C14H30N2O4S4Si/c1-4-18-25(19-5-2,20-6-3)13-7-11-21-23-24-22-12-10-16-9-8-15-14(16)17/h4-13H2,1-3H3,(H,15,17). The van der Waals surface area contributed by atoms with Crippen LogP contribution in [0.2, 0.25) is 6.04 Å². The molecule has 1 heterocycles. The van der Waals surface area contributed by atoms with Gasteiger partial charge in [0.15, 0.2) is 0 Å². The van der Waals surface area contributed by atoms with E-state index in [1.807, 2.05) is 36.5 Å². The van der Waals surface area contributed by atoms with Crippen LogP contribution < -0.4 is 5.32 Å². The van der Waals surface area contributed by atoms with E-state index in [1.165, 1.54) is 0 Å². The molecule has 0 radical (unpaired) electrons. The maximum absolute atomic E-state index is 11.4. The molecule has 0 aromatic rings. The first-order chi connectivity index (χ1) is 12.2. The molecule has 148 valence electrons. The minimum atomic E-state index is -2.48. The number of nitrogens with one attached hydrogen (secondary N) is 1. The van der Waals surface area contributed by atoms with Crippen LogP contribution in [-0.4, -0.2) is 70.7 Å². The van der Waals surface area contributed by atoms with Gasteiger partial charge in [0.25, 0.3) is 0 Å². The van der Waals surface area contributed by atoms with Crippen LogP contribution in [0.25, 0.3) is 0 Å². The summed E-state index contributed by atoms with van der Waals surface area (Å²) in [5.74, 6) is 2.01. The van der Waals surface area contributed by atoms with Crippen LogP contribution in [0.4, 0.5) is 4.79 Å². The molecule has 25 heavy (non-hydrogen) atoms. The average molecular weight is 447 g/mol. The van der Waals surface area contributed by atoms with E-state index in [2.05, 4.69) is 5.32 Å². The molecule has 6 nitrogen and oxygen atoms in total. The summed E-state index contributed by atoms with van der Waals surface area (Å²) in [5, 5.41) is 2.82. The lowest BCUT2D eigenvalue weighted by Gasteiger charge is -2.28. The Kier molecular flexibility index (Phi) is 14.1. The number of carbonyl (C=O) groups is 1. The van der Waals surface area contributed by atoms with Crippen molar-refractivity contribution in [3.63, 3.8) is 0 Å². The zero-order valence-electron chi connectivity index (χ0n) is 15.3. The fraction of sp³-hybridized carbons (Fsp3) is 0.929. The predicted molar refractivity (Wildman–Crippen MR) is 115 cm³/mol. The second-order valence-electron chi connectivity index (χ2n) is 5.08. The molecule has 0 bridgehead atoms. The molecule has 1 fully saturated rings. The van der Waals surface area contributed by atoms with Gasteiger partial charge >= 0.3 is 14.8 Å². The highest BCUT2D eigenvalue weighted by Gasteiger charge is 2.39. The van der Waals surface area contributed by atoms with Gasteiger partial charge in [0, 0.05) is 57.0 Å². The third-order valence-electron chi connectivity index (χ3n) is 3.32. The van der Waals surface area contributed by atoms with Gasteiger partial charge in [-0.25, -0.2) is 4.79 Å². The minimum Gasteiger partial charge on any atom is -0.374 e. The van der Waals surface area contributed by atoms with Crippen molar-refractivity contribution in [1.29, 1.82) is 0 Å². The summed E-state index contributed by atoms with van der Waals surface area (Å²) in [4.78, 5) is 13.3. The van der Waals surface area contributed by atoms with Gasteiger partial charge in [0.05, 0.1) is 0 Å². The number of carbonyl (C=O) groups excluding carboxylic acids is 1. The van der Waals surface area contributed by atoms with E-state index in [4.69, 9.17) is 13.3 Å². The van der Waals surface area contributed by atoms with Crippen molar-refractivity contribution >= 4 is 56.1 Å². The average Bonchev–Trinajstić information content (AvgIpc) is 2.99. The van der Waals surface area contributed by atoms with Crippen LogP contribution in [0.15, 0.2) is 0 Å². The normalized spacial score (nSPS) is 15.0. The van der Waals surface area contributed by atoms with Crippen LogP contribution in [0.1, 0.15) is 27.2 Å². The Labute approximate surface area is 168 Å². The van der Waals surface area contributed by atoms with Crippen LogP contribution in [0.3, 0.4) is 0 Å². The van der Waals surface area contributed by atoms with Gasteiger partial charge in [-0.2, -0.15) is 0 Å². The van der Waals surface area contributed by atoms with Gasteiger partial charge in [-0.15, -0.1) is 0 Å². The summed E-state index contributed by atoms with van der Waals surface area (Å²) in [6, 6.07) is 0.941. The number of rotatable bonds is 16. The largest absolute Gasteiger partial charge is 0.500 e. The van der Waals surface area contributed by atoms with Crippen LogP contribution in [0, 0.1) is 0 Å². The van der Waals surface area contributed by atoms with Gasteiger partial charge in [-0.05, 0) is 46.8 Å². The number of urea groups is 1. The smallest absolute Gasteiger partial charge is 0.374 e. The third kappa shape index (κ3) is 10.0. The number of hydrogen-bond donors (Lipinski definition) is 1. The van der Waals surface area contributed by atoms with Crippen molar-refractivity contribution in [1.82, 2.24) is 10.2 Å². The van der Waals surface area contributed by atoms with Gasteiger partial charge in [-0.1, -0.05) is 21.6 Å². The maximum Gasteiger partial charge on any atom is 0.500 e. The summed E-state index contributed by atoms with van der Waals surface area (Å²) in [5.41, 5.74) is 0. The van der Waals surface area contributed by atoms with E-state index < -0.39 is 8.80 Å². The quantitative estimate of drug-likeness (QED) is 0.216. The SMILES string of the molecule is CCO[Si](CCCSSSSCCN1CCNC1=O)(OCC)OCC. The highest BCUT2D eigenvalue weighted by atomic mass is 33.7. The number of amides is 2. The second-order valence-corrected chi connectivity index (χ2v) is 14.1. The summed E-state index contributed by atoms with van der Waals surface area (Å²) in [6.07, 6.45) is 1.03. The number of hydrogen-bond acceptors (Lipinski definition) is 8. The highest BCUT2D eigenvalue weighted by Crippen LogP contribution is 2.43. The maximum atomic E-state index is 11.4. The third-order valence-corrected chi connectivity index (χ3v) is 13.0. The van der Waals surface area contributed by atoms with Gasteiger partial charge in [-0.3, -0.25) is 0 Å². The molecule has 0 aromatic heterocycles. The first kappa shape index (κ1) is 23.8. The van der Waals surface area contributed by atoms with Gasteiger partial charge in [0.1, 0.15) is 0 Å². The number of nitrogens with zero attached hydrogens (tertiary/aromatic N) is 1. The molecule has 1 N–H and O–H groups in total. The van der Waals surface area contributed by atoms with E-state index in [-0.39, 0.29) is 6.03 Å². The summed E-state index contributed by atoms with van der Waals surface area (Å²) in [6.45, 7) is 10.3. The first-order valence-corrected chi connectivity index (χ1v) is 15.8. The van der Waals surface area contributed by atoms with Gasteiger partial charge in [0.2, 0.25) is 0 Å². The molecule has 0 unspecified atom stereocenters. The molecular formula is C14H30N2O4S4Si. The molecular weight excluding hydrogens is 417 g/mol. The molecule has 1 aliphatic heterocycles. The van der Waals surface area contributed by atoms with E-state index >= 15 is 0 Å². The van der Waals surface area contributed by atoms with E-state index in [9.17, 15) is 4.79 Å². The van der Waals surface area contributed by atoms with Crippen LogP contribution in [-0.2, 0) is 13.3 Å². The Hall–Kier alpha value is 0.767. The van der Waals surface area contributed by atoms with E-state index in [0.717, 1.165) is 43.6 Å². The molecule has 2 amide bonds. The highest BCUT2D eigenvalue weighted by molar-refractivity contribution is 9.26. The lowest BCUT2D eigenvalue weighted by molar-refractivity contribution is 0.0712. The molecule has 0 saturated carbocycles. The summed E-state index contributed by atoms with van der Waals surface area (Å²) in [7, 11) is 4.76. The Morgan fingerprint density at radius 1 is 1.04 bits per heavy atom. The molecule has 1 rings (SSSR count). The topological polar surface area (TPSA) is 60.0 Å². The van der Waals surface area contributed by atoms with Crippen molar-refractivity contribution in [3.05, 3.63) is 0 Å². The van der Waals surface area contributed by atoms with Crippen molar-refractivity contribution in [2.24, 2.45) is 0 Å². The Morgan fingerprint density at radius 3 is 2.16 bits per heavy atom. The lowest BCUT2D eigenvalue weighted by Crippen LogP contribution is -2.46. The molecule has 0 atom stereocenters. The first-order valence-electron chi connectivity index (χ1n) is 8.69. The summed E-state index contributed by atoms with van der Waals surface area (Å²) < 4.78 is 17.6. The Morgan fingerprint density at radius 2 is 1.64 bits per heavy atom. The van der Waals surface area contributed by atoms with Crippen LogP contribution >= 0.6 is 41.2 Å². The zero-order chi connectivity index (χ0) is 18.4. The van der Waals surface area contributed by atoms with Crippen LogP contribution in [0.5, 0.6) is 0 Å².